The third-order valence-corrected chi connectivity index (χ3v) is 2.39. The third-order valence-electron chi connectivity index (χ3n) is 1.93. The standard InChI is InChI=1S/C12H13BrFNO/c1-2-3-15-8-12(16)6-9-4-10(13)7-11(14)5-9/h2,4-5,7,15H,1,3,6,8H2. The van der Waals surface area contributed by atoms with Crippen molar-refractivity contribution in [2.24, 2.45) is 0 Å². The molecule has 86 valence electrons. The number of rotatable bonds is 6. The molecular weight excluding hydrogens is 273 g/mol. The molecule has 0 aliphatic carbocycles. The summed E-state index contributed by atoms with van der Waals surface area (Å²) in [5.41, 5.74) is 0.678. The second-order valence-electron chi connectivity index (χ2n) is 3.41. The highest BCUT2D eigenvalue weighted by molar-refractivity contribution is 9.10. The van der Waals surface area contributed by atoms with Gasteiger partial charge in [0.15, 0.2) is 5.78 Å². The van der Waals surface area contributed by atoms with E-state index in [1.54, 1.807) is 12.1 Å². The number of hydrogen-bond donors (Lipinski definition) is 1. The van der Waals surface area contributed by atoms with E-state index < -0.39 is 0 Å². The van der Waals surface area contributed by atoms with Crippen molar-refractivity contribution in [2.75, 3.05) is 13.1 Å². The number of carbonyl (C=O) groups excluding carboxylic acids is 1. The van der Waals surface area contributed by atoms with Crippen LogP contribution in [0.2, 0.25) is 0 Å². The SMILES string of the molecule is C=CCNCC(=O)Cc1cc(F)cc(Br)c1. The zero-order valence-electron chi connectivity index (χ0n) is 8.80. The maximum Gasteiger partial charge on any atom is 0.150 e. The summed E-state index contributed by atoms with van der Waals surface area (Å²) in [6.07, 6.45) is 1.92. The predicted molar refractivity (Wildman–Crippen MR) is 65.9 cm³/mol. The Morgan fingerprint density at radius 3 is 2.88 bits per heavy atom. The number of halogens is 2. The van der Waals surface area contributed by atoms with Gasteiger partial charge in [0.05, 0.1) is 6.54 Å². The van der Waals surface area contributed by atoms with Crippen LogP contribution < -0.4 is 5.32 Å². The molecule has 0 saturated carbocycles. The molecule has 0 spiro atoms. The van der Waals surface area contributed by atoms with E-state index in [0.29, 0.717) is 16.6 Å². The molecule has 0 fully saturated rings. The Labute approximate surface area is 103 Å². The normalized spacial score (nSPS) is 10.1. The minimum Gasteiger partial charge on any atom is -0.307 e. The highest BCUT2D eigenvalue weighted by Crippen LogP contribution is 2.15. The van der Waals surface area contributed by atoms with Gasteiger partial charge >= 0.3 is 0 Å². The molecule has 0 unspecified atom stereocenters. The largest absolute Gasteiger partial charge is 0.307 e. The Morgan fingerprint density at radius 1 is 1.50 bits per heavy atom. The van der Waals surface area contributed by atoms with E-state index in [2.05, 4.69) is 27.8 Å². The smallest absolute Gasteiger partial charge is 0.150 e. The van der Waals surface area contributed by atoms with Gasteiger partial charge < -0.3 is 5.32 Å². The molecule has 0 saturated heterocycles. The second-order valence-corrected chi connectivity index (χ2v) is 4.33. The fourth-order valence-electron chi connectivity index (χ4n) is 1.32. The molecule has 16 heavy (non-hydrogen) atoms. The summed E-state index contributed by atoms with van der Waals surface area (Å²) < 4.78 is 13.7. The van der Waals surface area contributed by atoms with Crippen molar-refractivity contribution in [3.8, 4) is 0 Å². The average molecular weight is 286 g/mol. The molecule has 0 aliphatic rings. The second kappa shape index (κ2) is 6.55. The number of nitrogens with one attached hydrogen (secondary N) is 1. The molecule has 0 aromatic heterocycles. The lowest BCUT2D eigenvalue weighted by atomic mass is 10.1. The molecule has 0 amide bonds. The highest BCUT2D eigenvalue weighted by Gasteiger charge is 2.05. The number of carbonyl (C=O) groups is 1. The Balaban J connectivity index is 2.52. The molecule has 0 heterocycles. The van der Waals surface area contributed by atoms with E-state index in [1.807, 2.05) is 0 Å². The van der Waals surface area contributed by atoms with Crippen molar-refractivity contribution in [3.05, 3.63) is 46.7 Å². The van der Waals surface area contributed by atoms with Gasteiger partial charge in [-0.05, 0) is 23.8 Å². The Morgan fingerprint density at radius 2 is 2.25 bits per heavy atom. The van der Waals surface area contributed by atoms with Crippen molar-refractivity contribution < 1.29 is 9.18 Å². The van der Waals surface area contributed by atoms with Crippen LogP contribution in [0.25, 0.3) is 0 Å². The van der Waals surface area contributed by atoms with Gasteiger partial charge in [0.2, 0.25) is 0 Å². The van der Waals surface area contributed by atoms with E-state index >= 15 is 0 Å². The highest BCUT2D eigenvalue weighted by atomic mass is 79.9. The molecule has 1 N–H and O–H groups in total. The topological polar surface area (TPSA) is 29.1 Å². The molecule has 0 aliphatic heterocycles. The first-order valence-corrected chi connectivity index (χ1v) is 5.69. The van der Waals surface area contributed by atoms with Crippen LogP contribution in [-0.2, 0) is 11.2 Å². The summed E-state index contributed by atoms with van der Waals surface area (Å²) in [5.74, 6) is -0.310. The van der Waals surface area contributed by atoms with Crippen LogP contribution in [0, 0.1) is 5.82 Å². The monoisotopic (exact) mass is 285 g/mol. The van der Waals surface area contributed by atoms with Crippen LogP contribution in [0.5, 0.6) is 0 Å². The lowest BCUT2D eigenvalue weighted by molar-refractivity contribution is -0.117. The summed E-state index contributed by atoms with van der Waals surface area (Å²) in [6.45, 7) is 4.41. The van der Waals surface area contributed by atoms with Crippen molar-refractivity contribution >= 4 is 21.7 Å². The van der Waals surface area contributed by atoms with Gasteiger partial charge in [0, 0.05) is 17.4 Å². The predicted octanol–water partition coefficient (Wildman–Crippen LogP) is 2.48. The minimum atomic E-state index is -0.337. The zero-order valence-corrected chi connectivity index (χ0v) is 10.4. The van der Waals surface area contributed by atoms with Crippen LogP contribution in [0.1, 0.15) is 5.56 Å². The lowest BCUT2D eigenvalue weighted by Gasteiger charge is -2.03. The molecule has 1 aromatic carbocycles. The maximum absolute atomic E-state index is 13.0. The first-order valence-electron chi connectivity index (χ1n) is 4.90. The van der Waals surface area contributed by atoms with E-state index in [4.69, 9.17) is 0 Å². The quantitative estimate of drug-likeness (QED) is 0.643. The summed E-state index contributed by atoms with van der Waals surface area (Å²) in [6, 6.07) is 4.48. The zero-order chi connectivity index (χ0) is 12.0. The Hall–Kier alpha value is -1.00. The molecular formula is C12H13BrFNO. The van der Waals surface area contributed by atoms with E-state index in [1.165, 1.54) is 12.1 Å². The first kappa shape index (κ1) is 13.1. The molecule has 1 rings (SSSR count). The van der Waals surface area contributed by atoms with Gasteiger partial charge in [-0.3, -0.25) is 4.79 Å². The fourth-order valence-corrected chi connectivity index (χ4v) is 1.83. The molecule has 0 atom stereocenters. The molecule has 2 nitrogen and oxygen atoms in total. The number of Topliss-reactive ketones (excluding diaryl/α,β-unsaturated/α-hetero) is 1. The molecule has 0 bridgehead atoms. The maximum atomic E-state index is 13.0. The van der Waals surface area contributed by atoms with Gasteiger partial charge in [-0.15, -0.1) is 6.58 Å². The van der Waals surface area contributed by atoms with Gasteiger partial charge in [0.25, 0.3) is 0 Å². The van der Waals surface area contributed by atoms with Crippen LogP contribution in [-0.4, -0.2) is 18.9 Å². The minimum absolute atomic E-state index is 0.0272. The van der Waals surface area contributed by atoms with E-state index in [-0.39, 0.29) is 24.6 Å². The summed E-state index contributed by atoms with van der Waals surface area (Å²) in [7, 11) is 0. The van der Waals surface area contributed by atoms with Crippen molar-refractivity contribution in [3.63, 3.8) is 0 Å². The molecule has 0 radical (unpaired) electrons. The van der Waals surface area contributed by atoms with Crippen molar-refractivity contribution in [2.45, 2.75) is 6.42 Å². The number of hydrogen-bond acceptors (Lipinski definition) is 2. The number of ketones is 1. The molecule has 4 heteroatoms. The van der Waals surface area contributed by atoms with Crippen LogP contribution >= 0.6 is 15.9 Å². The van der Waals surface area contributed by atoms with E-state index in [0.717, 1.165) is 0 Å². The van der Waals surface area contributed by atoms with Crippen LogP contribution in [0.4, 0.5) is 4.39 Å². The van der Waals surface area contributed by atoms with Crippen molar-refractivity contribution in [1.29, 1.82) is 0 Å². The van der Waals surface area contributed by atoms with Crippen LogP contribution in [0.15, 0.2) is 35.3 Å². The summed E-state index contributed by atoms with van der Waals surface area (Å²) in [5, 5.41) is 2.91. The average Bonchev–Trinajstić information content (AvgIpc) is 2.16. The van der Waals surface area contributed by atoms with Gasteiger partial charge in [-0.25, -0.2) is 4.39 Å². The van der Waals surface area contributed by atoms with Gasteiger partial charge in [-0.2, -0.15) is 0 Å². The Kier molecular flexibility index (Phi) is 5.35. The van der Waals surface area contributed by atoms with Gasteiger partial charge in [-0.1, -0.05) is 22.0 Å². The van der Waals surface area contributed by atoms with E-state index in [9.17, 15) is 9.18 Å². The van der Waals surface area contributed by atoms with Crippen molar-refractivity contribution in [1.82, 2.24) is 5.32 Å². The Bertz CT molecular complexity index is 372. The van der Waals surface area contributed by atoms with Gasteiger partial charge in [0.1, 0.15) is 5.82 Å². The number of benzene rings is 1. The van der Waals surface area contributed by atoms with Crippen LogP contribution in [0.3, 0.4) is 0 Å². The first-order chi connectivity index (χ1) is 7.61. The third kappa shape index (κ3) is 4.68. The lowest BCUT2D eigenvalue weighted by Crippen LogP contribution is -2.24. The summed E-state index contributed by atoms with van der Waals surface area (Å²) in [4.78, 5) is 11.5. The summed E-state index contributed by atoms with van der Waals surface area (Å²) >= 11 is 3.19. The fraction of sp³-hybridized carbons (Fsp3) is 0.250. The molecule has 1 aromatic rings.